The smallest absolute Gasteiger partial charge is 0.375 e. The maximum Gasteiger partial charge on any atom is 0.394 e. The standard InChI is InChI=1S/C10H18N2O.H2O4S/c1-8(2)5-10(13,7-11)6-9(3,4)12-8;1-5(2,3)4/h12-13H,5-6H2,1-4H3;(H2,1,2,3,4). The van der Waals surface area contributed by atoms with Gasteiger partial charge in [-0.2, -0.15) is 13.7 Å². The lowest BCUT2D eigenvalue weighted by Gasteiger charge is -2.47. The summed E-state index contributed by atoms with van der Waals surface area (Å²) in [5.41, 5.74) is -1.52. The normalized spacial score (nSPS) is 24.3. The van der Waals surface area contributed by atoms with E-state index in [-0.39, 0.29) is 11.1 Å². The Morgan fingerprint density at radius 2 is 1.39 bits per heavy atom. The molecule has 7 nitrogen and oxygen atoms in total. The molecule has 1 rings (SSSR count). The Hall–Kier alpha value is -0.720. The zero-order chi connectivity index (χ0) is 14.8. The van der Waals surface area contributed by atoms with E-state index in [1.54, 1.807) is 0 Å². The monoisotopic (exact) mass is 280 g/mol. The van der Waals surface area contributed by atoms with Crippen LogP contribution in [0, 0.1) is 11.3 Å². The minimum atomic E-state index is -4.67. The van der Waals surface area contributed by atoms with Crippen LogP contribution in [0.1, 0.15) is 40.5 Å². The lowest BCUT2D eigenvalue weighted by atomic mass is 9.74. The van der Waals surface area contributed by atoms with Crippen LogP contribution < -0.4 is 5.32 Å². The summed E-state index contributed by atoms with van der Waals surface area (Å²) in [7, 11) is -4.67. The Kier molecular flexibility index (Phi) is 4.90. The topological polar surface area (TPSA) is 131 Å². The first-order chi connectivity index (χ1) is 7.68. The number of piperidine rings is 1. The van der Waals surface area contributed by atoms with Gasteiger partial charge in [0.1, 0.15) is 0 Å². The van der Waals surface area contributed by atoms with Crippen LogP contribution in [0.2, 0.25) is 0 Å². The average molecular weight is 280 g/mol. The molecule has 0 spiro atoms. The fraction of sp³-hybridized carbons (Fsp3) is 0.900. The van der Waals surface area contributed by atoms with Gasteiger partial charge >= 0.3 is 10.4 Å². The van der Waals surface area contributed by atoms with E-state index in [1.807, 2.05) is 33.8 Å². The summed E-state index contributed by atoms with van der Waals surface area (Å²) in [5, 5.41) is 22.2. The fourth-order valence-electron chi connectivity index (χ4n) is 2.61. The molecule has 4 N–H and O–H groups in total. The molecule has 0 saturated carbocycles. The Morgan fingerprint density at radius 3 is 1.61 bits per heavy atom. The molecule has 1 fully saturated rings. The fourth-order valence-corrected chi connectivity index (χ4v) is 2.61. The highest BCUT2D eigenvalue weighted by Gasteiger charge is 2.46. The molecule has 0 amide bonds. The molecule has 1 aliphatic heterocycles. The third-order valence-corrected chi connectivity index (χ3v) is 2.35. The van der Waals surface area contributed by atoms with E-state index in [0.717, 1.165) is 0 Å². The van der Waals surface area contributed by atoms with Gasteiger partial charge in [-0.1, -0.05) is 0 Å². The molecule has 0 aromatic rings. The first-order valence-electron chi connectivity index (χ1n) is 5.31. The molecule has 1 aliphatic rings. The van der Waals surface area contributed by atoms with Gasteiger partial charge in [-0.05, 0) is 27.7 Å². The second-order valence-electron chi connectivity index (χ2n) is 5.84. The number of aliphatic hydroxyl groups is 1. The van der Waals surface area contributed by atoms with E-state index in [2.05, 4.69) is 5.32 Å². The van der Waals surface area contributed by atoms with Crippen molar-refractivity contribution in [3.8, 4) is 6.07 Å². The van der Waals surface area contributed by atoms with Crippen LogP contribution in [-0.4, -0.2) is 39.3 Å². The highest BCUT2D eigenvalue weighted by atomic mass is 32.3. The summed E-state index contributed by atoms with van der Waals surface area (Å²) < 4.78 is 31.6. The number of nitrogens with zero attached hydrogens (tertiary/aromatic N) is 1. The first kappa shape index (κ1) is 17.3. The van der Waals surface area contributed by atoms with Crippen LogP contribution in [-0.2, 0) is 10.4 Å². The van der Waals surface area contributed by atoms with Crippen LogP contribution >= 0.6 is 0 Å². The molecule has 18 heavy (non-hydrogen) atoms. The largest absolute Gasteiger partial charge is 0.394 e. The highest BCUT2D eigenvalue weighted by Crippen LogP contribution is 2.35. The Morgan fingerprint density at radius 1 is 1.11 bits per heavy atom. The minimum absolute atomic E-state index is 0.174. The first-order valence-corrected chi connectivity index (χ1v) is 6.71. The molecule has 0 bridgehead atoms. The van der Waals surface area contributed by atoms with Gasteiger partial charge < -0.3 is 10.4 Å². The van der Waals surface area contributed by atoms with Crippen molar-refractivity contribution in [2.45, 2.75) is 57.2 Å². The maximum absolute atomic E-state index is 9.95. The molecule has 0 atom stereocenters. The quantitative estimate of drug-likeness (QED) is 0.376. The Bertz CT molecular complexity index is 412. The van der Waals surface area contributed by atoms with Crippen LogP contribution in [0.25, 0.3) is 0 Å². The minimum Gasteiger partial charge on any atom is -0.375 e. The van der Waals surface area contributed by atoms with Gasteiger partial charge in [0, 0.05) is 23.9 Å². The maximum atomic E-state index is 9.95. The molecule has 1 heterocycles. The summed E-state index contributed by atoms with van der Waals surface area (Å²) in [5.74, 6) is 0. The van der Waals surface area contributed by atoms with Crippen molar-refractivity contribution in [2.24, 2.45) is 0 Å². The van der Waals surface area contributed by atoms with Gasteiger partial charge in [0.15, 0.2) is 5.60 Å². The summed E-state index contributed by atoms with van der Waals surface area (Å²) in [6.07, 6.45) is 0.972. The van der Waals surface area contributed by atoms with E-state index < -0.39 is 16.0 Å². The van der Waals surface area contributed by atoms with E-state index in [0.29, 0.717) is 12.8 Å². The predicted octanol–water partition coefficient (Wildman–Crippen LogP) is 0.529. The lowest BCUT2D eigenvalue weighted by Crippen LogP contribution is -2.63. The van der Waals surface area contributed by atoms with Crippen molar-refractivity contribution >= 4 is 10.4 Å². The van der Waals surface area contributed by atoms with Crippen molar-refractivity contribution in [1.29, 1.82) is 5.26 Å². The lowest BCUT2D eigenvalue weighted by molar-refractivity contribution is -0.0136. The van der Waals surface area contributed by atoms with Crippen LogP contribution in [0.15, 0.2) is 0 Å². The van der Waals surface area contributed by atoms with Crippen molar-refractivity contribution in [3.63, 3.8) is 0 Å². The predicted molar refractivity (Wildman–Crippen MR) is 65.3 cm³/mol. The van der Waals surface area contributed by atoms with Crippen molar-refractivity contribution in [1.82, 2.24) is 5.32 Å². The van der Waals surface area contributed by atoms with Gasteiger partial charge in [-0.15, -0.1) is 0 Å². The SMILES string of the molecule is CC1(C)CC(O)(C#N)CC(C)(C)N1.O=S(=O)(O)O. The molecule has 8 heteroatoms. The van der Waals surface area contributed by atoms with Gasteiger partial charge in [-0.3, -0.25) is 9.11 Å². The number of hydrogen-bond donors (Lipinski definition) is 4. The van der Waals surface area contributed by atoms with E-state index >= 15 is 0 Å². The number of rotatable bonds is 0. The number of nitrogens with one attached hydrogen (secondary N) is 1. The number of hydrogen-bond acceptors (Lipinski definition) is 5. The van der Waals surface area contributed by atoms with Gasteiger partial charge in [0.25, 0.3) is 0 Å². The molecule has 0 unspecified atom stereocenters. The third-order valence-electron chi connectivity index (χ3n) is 2.35. The van der Waals surface area contributed by atoms with Gasteiger partial charge in [0.05, 0.1) is 6.07 Å². The second kappa shape index (κ2) is 5.11. The highest BCUT2D eigenvalue weighted by molar-refractivity contribution is 7.79. The Balaban J connectivity index is 0.000000494. The molecule has 0 aromatic carbocycles. The van der Waals surface area contributed by atoms with Crippen molar-refractivity contribution in [2.75, 3.05) is 0 Å². The van der Waals surface area contributed by atoms with E-state index in [4.69, 9.17) is 22.8 Å². The molecule has 0 radical (unpaired) electrons. The summed E-state index contributed by atoms with van der Waals surface area (Å²) in [4.78, 5) is 0. The molecule has 0 aliphatic carbocycles. The Labute approximate surface area is 107 Å². The molecule has 1 saturated heterocycles. The molecule has 0 aromatic heterocycles. The van der Waals surface area contributed by atoms with E-state index in [9.17, 15) is 5.11 Å². The van der Waals surface area contributed by atoms with Crippen LogP contribution in [0.5, 0.6) is 0 Å². The van der Waals surface area contributed by atoms with Crippen LogP contribution in [0.3, 0.4) is 0 Å². The van der Waals surface area contributed by atoms with Gasteiger partial charge in [0.2, 0.25) is 0 Å². The zero-order valence-electron chi connectivity index (χ0n) is 10.9. The summed E-state index contributed by atoms with van der Waals surface area (Å²) in [6, 6.07) is 2.01. The second-order valence-corrected chi connectivity index (χ2v) is 6.73. The van der Waals surface area contributed by atoms with Crippen molar-refractivity contribution in [3.05, 3.63) is 0 Å². The van der Waals surface area contributed by atoms with Gasteiger partial charge in [-0.25, -0.2) is 0 Å². The summed E-state index contributed by atoms with van der Waals surface area (Å²) in [6.45, 7) is 8.04. The van der Waals surface area contributed by atoms with Crippen molar-refractivity contribution < 1.29 is 22.6 Å². The third kappa shape index (κ3) is 7.58. The molecular formula is C10H20N2O5S. The average Bonchev–Trinajstić information content (AvgIpc) is 1.93. The van der Waals surface area contributed by atoms with Crippen LogP contribution in [0.4, 0.5) is 0 Å². The number of nitriles is 1. The molecule has 106 valence electrons. The summed E-state index contributed by atoms with van der Waals surface area (Å²) >= 11 is 0. The zero-order valence-corrected chi connectivity index (χ0v) is 11.7. The molecular weight excluding hydrogens is 260 g/mol. The van der Waals surface area contributed by atoms with E-state index in [1.165, 1.54) is 0 Å².